The second kappa shape index (κ2) is 5.04. The van der Waals surface area contributed by atoms with Crippen molar-refractivity contribution in [1.29, 1.82) is 0 Å². The zero-order chi connectivity index (χ0) is 12.3. The Morgan fingerprint density at radius 1 is 1.29 bits per heavy atom. The lowest BCUT2D eigenvalue weighted by molar-refractivity contribution is 0.297. The third-order valence-corrected chi connectivity index (χ3v) is 2.89. The van der Waals surface area contributed by atoms with E-state index in [0.717, 1.165) is 23.6 Å². The minimum absolute atomic E-state index is 0.526. The van der Waals surface area contributed by atoms with Crippen LogP contribution in [0.2, 0.25) is 0 Å². The molecule has 0 saturated carbocycles. The maximum absolute atomic E-state index is 5.81. The molecule has 0 aliphatic rings. The van der Waals surface area contributed by atoms with Crippen LogP contribution in [0.15, 0.2) is 30.3 Å². The van der Waals surface area contributed by atoms with E-state index >= 15 is 0 Å². The monoisotopic (exact) mass is 230 g/mol. The molecule has 0 aliphatic heterocycles. The van der Waals surface area contributed by atoms with Gasteiger partial charge in [-0.3, -0.25) is 4.68 Å². The fourth-order valence-electron chi connectivity index (χ4n) is 1.79. The number of hydrogen-bond acceptors (Lipinski definition) is 2. The van der Waals surface area contributed by atoms with E-state index in [2.05, 4.69) is 24.2 Å². The van der Waals surface area contributed by atoms with Crippen LogP contribution in [0.1, 0.15) is 23.9 Å². The molecule has 0 aliphatic carbocycles. The van der Waals surface area contributed by atoms with Crippen molar-refractivity contribution in [3.63, 3.8) is 0 Å². The average Bonchev–Trinajstić information content (AvgIpc) is 2.66. The Labute approximate surface area is 102 Å². The molecule has 2 aromatic rings. The second-order valence-corrected chi connectivity index (χ2v) is 4.15. The van der Waals surface area contributed by atoms with E-state index in [-0.39, 0.29) is 0 Å². The number of ether oxygens (including phenoxy) is 1. The maximum atomic E-state index is 5.81. The van der Waals surface area contributed by atoms with Crippen LogP contribution in [-0.4, -0.2) is 9.78 Å². The molecule has 2 rings (SSSR count). The fraction of sp³-hybridized carbons (Fsp3) is 0.357. The summed E-state index contributed by atoms with van der Waals surface area (Å²) in [7, 11) is 1.94. The quantitative estimate of drug-likeness (QED) is 0.807. The summed E-state index contributed by atoms with van der Waals surface area (Å²) in [4.78, 5) is 0. The lowest BCUT2D eigenvalue weighted by Gasteiger charge is -2.08. The second-order valence-electron chi connectivity index (χ2n) is 4.15. The van der Waals surface area contributed by atoms with Crippen molar-refractivity contribution < 1.29 is 4.74 Å². The topological polar surface area (TPSA) is 27.1 Å². The first-order valence-electron chi connectivity index (χ1n) is 5.91. The Morgan fingerprint density at radius 3 is 2.71 bits per heavy atom. The van der Waals surface area contributed by atoms with Gasteiger partial charge in [-0.1, -0.05) is 25.1 Å². The molecule has 1 aromatic carbocycles. The van der Waals surface area contributed by atoms with Crippen LogP contribution in [0, 0.1) is 6.92 Å². The van der Waals surface area contributed by atoms with Crippen LogP contribution in [0.3, 0.4) is 0 Å². The van der Waals surface area contributed by atoms with E-state index in [4.69, 9.17) is 4.74 Å². The Hall–Kier alpha value is -1.77. The van der Waals surface area contributed by atoms with Gasteiger partial charge in [0.25, 0.3) is 0 Å². The summed E-state index contributed by atoms with van der Waals surface area (Å²) in [6.45, 7) is 4.70. The summed E-state index contributed by atoms with van der Waals surface area (Å²) < 4.78 is 7.67. The van der Waals surface area contributed by atoms with Crippen LogP contribution in [-0.2, 0) is 20.1 Å². The molecule has 0 saturated heterocycles. The highest BCUT2D eigenvalue weighted by Crippen LogP contribution is 2.19. The lowest BCUT2D eigenvalue weighted by atomic mass is 10.1. The third kappa shape index (κ3) is 2.67. The molecule has 1 aromatic heterocycles. The molecule has 1 heterocycles. The highest BCUT2D eigenvalue weighted by molar-refractivity contribution is 5.33. The minimum atomic E-state index is 0.526. The smallest absolute Gasteiger partial charge is 0.132 e. The Bertz CT molecular complexity index is 483. The molecule has 0 bridgehead atoms. The standard InChI is InChI=1S/C14H18N2O/c1-4-12-7-5-6-8-14(12)17-10-13-9-11(2)16(3)15-13/h5-9H,4,10H2,1-3H3. The van der Waals surface area contributed by atoms with Crippen LogP contribution in [0.25, 0.3) is 0 Å². The predicted octanol–water partition coefficient (Wildman–Crippen LogP) is 2.87. The highest BCUT2D eigenvalue weighted by Gasteiger charge is 2.04. The largest absolute Gasteiger partial charge is 0.487 e. The van der Waals surface area contributed by atoms with Crippen molar-refractivity contribution in [1.82, 2.24) is 9.78 Å². The molecule has 0 amide bonds. The SMILES string of the molecule is CCc1ccccc1OCc1cc(C)n(C)n1. The number of aryl methyl sites for hydroxylation is 3. The number of hydrogen-bond donors (Lipinski definition) is 0. The predicted molar refractivity (Wildman–Crippen MR) is 68.1 cm³/mol. The third-order valence-electron chi connectivity index (χ3n) is 2.89. The minimum Gasteiger partial charge on any atom is -0.487 e. The molecule has 0 atom stereocenters. The van der Waals surface area contributed by atoms with Crippen molar-refractivity contribution in [2.75, 3.05) is 0 Å². The first-order valence-corrected chi connectivity index (χ1v) is 5.91. The summed E-state index contributed by atoms with van der Waals surface area (Å²) in [5, 5.41) is 4.37. The van der Waals surface area contributed by atoms with Gasteiger partial charge in [-0.2, -0.15) is 5.10 Å². The van der Waals surface area contributed by atoms with Gasteiger partial charge >= 0.3 is 0 Å². The van der Waals surface area contributed by atoms with Gasteiger partial charge in [0.1, 0.15) is 18.1 Å². The Morgan fingerprint density at radius 2 is 2.06 bits per heavy atom. The van der Waals surface area contributed by atoms with E-state index in [1.54, 1.807) is 0 Å². The average molecular weight is 230 g/mol. The molecule has 0 fully saturated rings. The molecule has 0 N–H and O–H groups in total. The number of para-hydroxylation sites is 1. The van der Waals surface area contributed by atoms with Crippen LogP contribution < -0.4 is 4.74 Å². The van der Waals surface area contributed by atoms with Crippen molar-refractivity contribution in [3.8, 4) is 5.75 Å². The summed E-state index contributed by atoms with van der Waals surface area (Å²) in [6.07, 6.45) is 0.984. The lowest BCUT2D eigenvalue weighted by Crippen LogP contribution is -2.00. The first-order chi connectivity index (χ1) is 8.20. The molecular weight excluding hydrogens is 212 g/mol. The first kappa shape index (κ1) is 11.7. The van der Waals surface area contributed by atoms with E-state index in [1.807, 2.05) is 36.9 Å². The van der Waals surface area contributed by atoms with Gasteiger partial charge in [-0.25, -0.2) is 0 Å². The summed E-state index contributed by atoms with van der Waals surface area (Å²) >= 11 is 0. The normalized spacial score (nSPS) is 10.5. The number of benzene rings is 1. The molecule has 17 heavy (non-hydrogen) atoms. The van der Waals surface area contributed by atoms with E-state index in [9.17, 15) is 0 Å². The summed E-state index contributed by atoms with van der Waals surface area (Å²) in [5.74, 6) is 0.957. The van der Waals surface area contributed by atoms with E-state index < -0.39 is 0 Å². The van der Waals surface area contributed by atoms with Gasteiger partial charge in [0.2, 0.25) is 0 Å². The summed E-state index contributed by atoms with van der Waals surface area (Å²) in [5.41, 5.74) is 3.35. The van der Waals surface area contributed by atoms with Gasteiger partial charge < -0.3 is 4.74 Å². The van der Waals surface area contributed by atoms with Crippen molar-refractivity contribution in [3.05, 3.63) is 47.3 Å². The van der Waals surface area contributed by atoms with Crippen molar-refractivity contribution in [2.45, 2.75) is 26.9 Å². The number of rotatable bonds is 4. The molecule has 0 unspecified atom stereocenters. The highest BCUT2D eigenvalue weighted by atomic mass is 16.5. The zero-order valence-electron chi connectivity index (χ0n) is 10.6. The zero-order valence-corrected chi connectivity index (χ0v) is 10.6. The van der Waals surface area contributed by atoms with Crippen molar-refractivity contribution >= 4 is 0 Å². The molecule has 90 valence electrons. The Kier molecular flexibility index (Phi) is 3.47. The number of aromatic nitrogens is 2. The van der Waals surface area contributed by atoms with Crippen LogP contribution in [0.5, 0.6) is 5.75 Å². The molecule has 0 radical (unpaired) electrons. The van der Waals surface area contributed by atoms with Gasteiger partial charge in [0.05, 0.1) is 0 Å². The molecule has 3 heteroatoms. The Balaban J connectivity index is 2.07. The van der Waals surface area contributed by atoms with Crippen LogP contribution in [0.4, 0.5) is 0 Å². The molecular formula is C14H18N2O. The van der Waals surface area contributed by atoms with Gasteiger partial charge in [-0.05, 0) is 31.0 Å². The van der Waals surface area contributed by atoms with Gasteiger partial charge in [0, 0.05) is 12.7 Å². The molecule has 0 spiro atoms. The molecule has 3 nitrogen and oxygen atoms in total. The summed E-state index contributed by atoms with van der Waals surface area (Å²) in [6, 6.07) is 10.2. The number of nitrogens with zero attached hydrogens (tertiary/aromatic N) is 2. The van der Waals surface area contributed by atoms with Gasteiger partial charge in [-0.15, -0.1) is 0 Å². The van der Waals surface area contributed by atoms with Crippen molar-refractivity contribution in [2.24, 2.45) is 7.05 Å². The van der Waals surface area contributed by atoms with Gasteiger partial charge in [0.15, 0.2) is 0 Å². The maximum Gasteiger partial charge on any atom is 0.132 e. The van der Waals surface area contributed by atoms with E-state index in [0.29, 0.717) is 6.61 Å². The van der Waals surface area contributed by atoms with Crippen LogP contribution >= 0.6 is 0 Å². The van der Waals surface area contributed by atoms with E-state index in [1.165, 1.54) is 5.56 Å². The fourth-order valence-corrected chi connectivity index (χ4v) is 1.79.